The van der Waals surface area contributed by atoms with E-state index in [1.54, 1.807) is 6.07 Å². The summed E-state index contributed by atoms with van der Waals surface area (Å²) in [5, 5.41) is 9.38. The van der Waals surface area contributed by atoms with Gasteiger partial charge in [-0.3, -0.25) is 9.89 Å². The van der Waals surface area contributed by atoms with Gasteiger partial charge in [0.1, 0.15) is 11.5 Å². The highest BCUT2D eigenvalue weighted by Gasteiger charge is 2.14. The van der Waals surface area contributed by atoms with E-state index in [1.807, 2.05) is 0 Å². The molecule has 0 saturated heterocycles. The number of aromatic nitrogens is 2. The zero-order chi connectivity index (χ0) is 12.7. The van der Waals surface area contributed by atoms with E-state index in [2.05, 4.69) is 29.4 Å². The summed E-state index contributed by atoms with van der Waals surface area (Å²) in [5.41, 5.74) is 5.89. The lowest BCUT2D eigenvalue weighted by Gasteiger charge is -2.17. The Hall–Kier alpha value is -1.52. The van der Waals surface area contributed by atoms with Gasteiger partial charge in [-0.2, -0.15) is 5.10 Å². The number of nitrogen functional groups attached to an aromatic ring is 1. The molecule has 0 aliphatic carbocycles. The van der Waals surface area contributed by atoms with E-state index in [-0.39, 0.29) is 11.9 Å². The summed E-state index contributed by atoms with van der Waals surface area (Å²) in [5.74, 6) is 0.222. The van der Waals surface area contributed by atoms with Gasteiger partial charge in [0, 0.05) is 12.1 Å². The summed E-state index contributed by atoms with van der Waals surface area (Å²) in [6.07, 6.45) is 5.39. The Morgan fingerprint density at radius 1 is 1.47 bits per heavy atom. The second-order valence-electron chi connectivity index (χ2n) is 4.31. The molecule has 96 valence electrons. The summed E-state index contributed by atoms with van der Waals surface area (Å²) in [7, 11) is 0. The topological polar surface area (TPSA) is 83.8 Å². The summed E-state index contributed by atoms with van der Waals surface area (Å²) >= 11 is 0. The first-order valence-corrected chi connectivity index (χ1v) is 6.29. The second kappa shape index (κ2) is 6.93. The molecule has 5 nitrogen and oxygen atoms in total. The van der Waals surface area contributed by atoms with Gasteiger partial charge in [-0.05, 0) is 12.8 Å². The smallest absolute Gasteiger partial charge is 0.269 e. The van der Waals surface area contributed by atoms with Crippen molar-refractivity contribution < 1.29 is 4.79 Å². The minimum atomic E-state index is -0.122. The number of carbonyl (C=O) groups excluding carboxylic acids is 1. The van der Waals surface area contributed by atoms with E-state index >= 15 is 0 Å². The molecule has 5 heteroatoms. The lowest BCUT2D eigenvalue weighted by Crippen LogP contribution is -2.35. The Bertz CT molecular complexity index is 348. The Morgan fingerprint density at radius 3 is 2.76 bits per heavy atom. The SMILES string of the molecule is CCCCC(CCC)NC(=O)c1cc(N)n[nH]1. The van der Waals surface area contributed by atoms with E-state index in [4.69, 9.17) is 5.73 Å². The number of nitrogens with zero attached hydrogens (tertiary/aromatic N) is 1. The normalized spacial score (nSPS) is 12.4. The van der Waals surface area contributed by atoms with E-state index in [0.29, 0.717) is 11.5 Å². The van der Waals surface area contributed by atoms with Crippen LogP contribution in [0.4, 0.5) is 5.82 Å². The Labute approximate surface area is 102 Å². The van der Waals surface area contributed by atoms with Crippen molar-refractivity contribution in [2.45, 2.75) is 52.0 Å². The van der Waals surface area contributed by atoms with Crippen molar-refractivity contribution in [1.82, 2.24) is 15.5 Å². The van der Waals surface area contributed by atoms with Crippen LogP contribution in [0.2, 0.25) is 0 Å². The van der Waals surface area contributed by atoms with E-state index < -0.39 is 0 Å². The first-order chi connectivity index (χ1) is 8.17. The number of hydrogen-bond donors (Lipinski definition) is 3. The quantitative estimate of drug-likeness (QED) is 0.680. The number of carbonyl (C=O) groups is 1. The summed E-state index contributed by atoms with van der Waals surface area (Å²) < 4.78 is 0. The molecule has 1 atom stereocenters. The van der Waals surface area contributed by atoms with Crippen molar-refractivity contribution in [2.75, 3.05) is 5.73 Å². The number of unbranched alkanes of at least 4 members (excludes halogenated alkanes) is 1. The summed E-state index contributed by atoms with van der Waals surface area (Å²) in [6, 6.07) is 1.80. The van der Waals surface area contributed by atoms with Crippen LogP contribution in [0, 0.1) is 0 Å². The van der Waals surface area contributed by atoms with Crippen LogP contribution in [0.1, 0.15) is 56.4 Å². The largest absolute Gasteiger partial charge is 0.382 e. The molecule has 1 amide bonds. The Kier molecular flexibility index (Phi) is 5.52. The fourth-order valence-electron chi connectivity index (χ4n) is 1.80. The number of nitrogens with one attached hydrogen (secondary N) is 2. The average Bonchev–Trinajstić information content (AvgIpc) is 2.73. The van der Waals surface area contributed by atoms with E-state index in [1.165, 1.54) is 0 Å². The van der Waals surface area contributed by atoms with Crippen molar-refractivity contribution in [3.63, 3.8) is 0 Å². The zero-order valence-corrected chi connectivity index (χ0v) is 10.6. The van der Waals surface area contributed by atoms with Crippen LogP contribution >= 0.6 is 0 Å². The molecular formula is C12H22N4O. The fourth-order valence-corrected chi connectivity index (χ4v) is 1.80. The maximum Gasteiger partial charge on any atom is 0.269 e. The number of aromatic amines is 1. The zero-order valence-electron chi connectivity index (χ0n) is 10.6. The molecule has 0 aliphatic rings. The third-order valence-electron chi connectivity index (χ3n) is 2.72. The monoisotopic (exact) mass is 238 g/mol. The first kappa shape index (κ1) is 13.5. The van der Waals surface area contributed by atoms with Crippen LogP contribution in [0.3, 0.4) is 0 Å². The van der Waals surface area contributed by atoms with Gasteiger partial charge in [-0.1, -0.05) is 33.1 Å². The molecule has 17 heavy (non-hydrogen) atoms. The van der Waals surface area contributed by atoms with Gasteiger partial charge >= 0.3 is 0 Å². The molecule has 0 bridgehead atoms. The molecule has 1 unspecified atom stereocenters. The van der Waals surface area contributed by atoms with Gasteiger partial charge < -0.3 is 11.1 Å². The van der Waals surface area contributed by atoms with Gasteiger partial charge in [0.25, 0.3) is 5.91 Å². The minimum Gasteiger partial charge on any atom is -0.382 e. The highest BCUT2D eigenvalue weighted by molar-refractivity contribution is 5.93. The highest BCUT2D eigenvalue weighted by atomic mass is 16.2. The van der Waals surface area contributed by atoms with Crippen molar-refractivity contribution in [2.24, 2.45) is 0 Å². The number of anilines is 1. The van der Waals surface area contributed by atoms with Crippen molar-refractivity contribution >= 4 is 11.7 Å². The van der Waals surface area contributed by atoms with Gasteiger partial charge in [-0.25, -0.2) is 0 Å². The van der Waals surface area contributed by atoms with E-state index in [9.17, 15) is 4.79 Å². The van der Waals surface area contributed by atoms with Crippen molar-refractivity contribution in [3.8, 4) is 0 Å². The lowest BCUT2D eigenvalue weighted by molar-refractivity contribution is 0.0927. The molecule has 0 aromatic carbocycles. The third-order valence-corrected chi connectivity index (χ3v) is 2.72. The predicted molar refractivity (Wildman–Crippen MR) is 68.7 cm³/mol. The molecule has 1 rings (SSSR count). The molecule has 1 heterocycles. The molecule has 0 radical (unpaired) electrons. The second-order valence-corrected chi connectivity index (χ2v) is 4.31. The molecule has 4 N–H and O–H groups in total. The molecule has 0 aliphatic heterocycles. The summed E-state index contributed by atoms with van der Waals surface area (Å²) in [6.45, 7) is 4.28. The van der Waals surface area contributed by atoms with Crippen LogP contribution < -0.4 is 11.1 Å². The van der Waals surface area contributed by atoms with E-state index in [0.717, 1.165) is 32.1 Å². The molecule has 0 saturated carbocycles. The minimum absolute atomic E-state index is 0.122. The maximum atomic E-state index is 11.9. The van der Waals surface area contributed by atoms with Crippen LogP contribution in [0.25, 0.3) is 0 Å². The van der Waals surface area contributed by atoms with Gasteiger partial charge in [-0.15, -0.1) is 0 Å². The van der Waals surface area contributed by atoms with Crippen LogP contribution in [-0.4, -0.2) is 22.1 Å². The molecule has 0 fully saturated rings. The predicted octanol–water partition coefficient (Wildman–Crippen LogP) is 2.08. The molecular weight excluding hydrogens is 216 g/mol. The van der Waals surface area contributed by atoms with Crippen LogP contribution in [0.5, 0.6) is 0 Å². The number of H-pyrrole nitrogens is 1. The lowest BCUT2D eigenvalue weighted by atomic mass is 10.1. The average molecular weight is 238 g/mol. The highest BCUT2D eigenvalue weighted by Crippen LogP contribution is 2.08. The van der Waals surface area contributed by atoms with Crippen LogP contribution in [0.15, 0.2) is 6.07 Å². The number of amides is 1. The standard InChI is InChI=1S/C12H22N4O/c1-3-5-7-9(6-4-2)14-12(17)10-8-11(13)16-15-10/h8-9H,3-7H2,1-2H3,(H,14,17)(H3,13,15,16). The van der Waals surface area contributed by atoms with Crippen molar-refractivity contribution in [1.29, 1.82) is 0 Å². The Morgan fingerprint density at radius 2 is 2.24 bits per heavy atom. The van der Waals surface area contributed by atoms with Gasteiger partial charge in [0.2, 0.25) is 0 Å². The summed E-state index contributed by atoms with van der Waals surface area (Å²) in [4.78, 5) is 11.9. The number of hydrogen-bond acceptors (Lipinski definition) is 3. The van der Waals surface area contributed by atoms with Crippen molar-refractivity contribution in [3.05, 3.63) is 11.8 Å². The van der Waals surface area contributed by atoms with Gasteiger partial charge in [0.05, 0.1) is 0 Å². The fraction of sp³-hybridized carbons (Fsp3) is 0.667. The number of nitrogens with two attached hydrogens (primary N) is 1. The Balaban J connectivity index is 2.51. The van der Waals surface area contributed by atoms with Crippen LogP contribution in [-0.2, 0) is 0 Å². The number of rotatable bonds is 7. The molecule has 1 aromatic heterocycles. The van der Waals surface area contributed by atoms with Gasteiger partial charge in [0.15, 0.2) is 0 Å². The first-order valence-electron chi connectivity index (χ1n) is 6.29. The molecule has 1 aromatic rings. The maximum absolute atomic E-state index is 11.9. The molecule has 0 spiro atoms. The third kappa shape index (κ3) is 4.46.